The maximum atomic E-state index is 4.30. The first-order valence-corrected chi connectivity index (χ1v) is 21.0. The van der Waals surface area contributed by atoms with Gasteiger partial charge >= 0.3 is 0 Å². The Morgan fingerprint density at radius 2 is 0.565 bits per heavy atom. The van der Waals surface area contributed by atoms with E-state index in [9.17, 15) is 0 Å². The van der Waals surface area contributed by atoms with Gasteiger partial charge in [-0.2, -0.15) is 0 Å². The third kappa shape index (κ3) is 6.08. The molecule has 0 unspecified atom stereocenters. The van der Waals surface area contributed by atoms with E-state index in [-0.39, 0.29) is 0 Å². The lowest BCUT2D eigenvalue weighted by molar-refractivity contribution is 1.18. The van der Waals surface area contributed by atoms with Gasteiger partial charge in [-0.25, -0.2) is 0 Å². The largest absolute Gasteiger partial charge is 0.309 e. The normalized spacial score (nSPS) is 11.5. The van der Waals surface area contributed by atoms with Gasteiger partial charge in [0.25, 0.3) is 0 Å². The average molecular weight is 791 g/mol. The summed E-state index contributed by atoms with van der Waals surface area (Å²) in [6.45, 7) is 0. The molecule has 4 heteroatoms. The van der Waals surface area contributed by atoms with E-state index in [0.717, 1.165) is 39.1 Å². The van der Waals surface area contributed by atoms with Crippen LogP contribution in [-0.2, 0) is 0 Å². The highest BCUT2D eigenvalue weighted by atomic mass is 15.0. The van der Waals surface area contributed by atoms with Gasteiger partial charge in [0.15, 0.2) is 0 Å². The van der Waals surface area contributed by atoms with E-state index < -0.39 is 0 Å². The summed E-state index contributed by atoms with van der Waals surface area (Å²) < 4.78 is 4.85. The van der Waals surface area contributed by atoms with E-state index in [1.54, 1.807) is 0 Å². The fourth-order valence-electron chi connectivity index (χ4n) is 9.36. The summed E-state index contributed by atoms with van der Waals surface area (Å²) in [6.07, 6.45) is 7.43. The minimum absolute atomic E-state index is 1.10. The molecule has 0 aliphatic rings. The molecular weight excluding hydrogens is 753 g/mol. The lowest BCUT2D eigenvalue weighted by Crippen LogP contribution is -1.96. The third-order valence-electron chi connectivity index (χ3n) is 12.3. The van der Waals surface area contributed by atoms with Crippen LogP contribution >= 0.6 is 0 Å². The van der Waals surface area contributed by atoms with Crippen molar-refractivity contribution in [3.8, 4) is 67.0 Å². The van der Waals surface area contributed by atoms with Crippen LogP contribution < -0.4 is 0 Å². The molecule has 62 heavy (non-hydrogen) atoms. The highest BCUT2D eigenvalue weighted by Crippen LogP contribution is 2.41. The summed E-state index contributed by atoms with van der Waals surface area (Å²) in [5, 5.41) is 4.89. The van der Waals surface area contributed by atoms with Crippen molar-refractivity contribution >= 4 is 43.6 Å². The van der Waals surface area contributed by atoms with Crippen LogP contribution in [0.25, 0.3) is 111 Å². The van der Waals surface area contributed by atoms with Crippen LogP contribution in [0, 0.1) is 0 Å². The predicted molar refractivity (Wildman–Crippen MR) is 258 cm³/mol. The standard InChI is InChI=1S/C58H38N4/c1-3-11-39(12-4-1)45-31-46(40-13-5-2-6-14-40)34-49(33-45)61-55-17-9-7-15-51(55)53-37-43(19-21-57(53)61)44-20-22-58-54(38-44)52-16-8-10-18-56(52)62(58)50-35-47(41-23-27-59-28-24-41)32-48(36-50)42-25-29-60-30-26-42/h1-38H. The molecule has 0 atom stereocenters. The van der Waals surface area contributed by atoms with Crippen molar-refractivity contribution < 1.29 is 0 Å². The molecule has 12 rings (SSSR count). The number of nitrogens with zero attached hydrogens (tertiary/aromatic N) is 4. The van der Waals surface area contributed by atoms with Crippen LogP contribution in [0.4, 0.5) is 0 Å². The first-order chi connectivity index (χ1) is 30.7. The fourth-order valence-corrected chi connectivity index (χ4v) is 9.36. The molecular formula is C58H38N4. The predicted octanol–water partition coefficient (Wildman–Crippen LogP) is 15.0. The highest BCUT2D eigenvalue weighted by Gasteiger charge is 2.18. The molecule has 0 radical (unpaired) electrons. The van der Waals surface area contributed by atoms with Gasteiger partial charge in [0, 0.05) is 57.7 Å². The maximum absolute atomic E-state index is 4.30. The van der Waals surface area contributed by atoms with E-state index in [4.69, 9.17) is 0 Å². The van der Waals surface area contributed by atoms with Gasteiger partial charge in [-0.3, -0.25) is 9.97 Å². The van der Waals surface area contributed by atoms with Crippen LogP contribution in [0.5, 0.6) is 0 Å². The number of rotatable bonds is 7. The number of fused-ring (bicyclic) bond motifs is 6. The van der Waals surface area contributed by atoms with E-state index in [1.807, 2.05) is 24.8 Å². The van der Waals surface area contributed by atoms with Crippen molar-refractivity contribution in [2.75, 3.05) is 0 Å². The van der Waals surface area contributed by atoms with Gasteiger partial charge in [-0.05, 0) is 153 Å². The van der Waals surface area contributed by atoms with E-state index >= 15 is 0 Å². The zero-order valence-electron chi connectivity index (χ0n) is 33.7. The molecule has 0 saturated heterocycles. The SMILES string of the molecule is c1ccc(-c2cc(-c3ccccc3)cc(-n3c4ccccc4c4cc(-c5ccc6c(c5)c5ccccc5n6-c5cc(-c6ccncc6)cc(-c6ccncc6)c5)ccc43)c2)cc1. The number of pyridine rings is 2. The van der Waals surface area contributed by atoms with Gasteiger partial charge in [-0.1, -0.05) is 109 Å². The molecule has 0 spiro atoms. The molecule has 290 valence electrons. The third-order valence-corrected chi connectivity index (χ3v) is 12.3. The lowest BCUT2D eigenvalue weighted by Gasteiger charge is -2.14. The zero-order valence-corrected chi connectivity index (χ0v) is 33.7. The summed E-state index contributed by atoms with van der Waals surface area (Å²) in [5.74, 6) is 0. The second-order valence-electron chi connectivity index (χ2n) is 15.9. The highest BCUT2D eigenvalue weighted by molar-refractivity contribution is 6.13. The monoisotopic (exact) mass is 790 g/mol. The molecule has 12 aromatic rings. The van der Waals surface area contributed by atoms with E-state index in [1.165, 1.54) is 71.5 Å². The summed E-state index contributed by atoms with van der Waals surface area (Å²) in [6, 6.07) is 75.0. The van der Waals surface area contributed by atoms with Crippen molar-refractivity contribution in [3.63, 3.8) is 0 Å². The Labute approximate surface area is 359 Å². The molecule has 4 heterocycles. The van der Waals surface area contributed by atoms with Gasteiger partial charge < -0.3 is 9.13 Å². The van der Waals surface area contributed by atoms with Gasteiger partial charge in [0.05, 0.1) is 22.1 Å². The molecule has 0 bridgehead atoms. The van der Waals surface area contributed by atoms with Crippen molar-refractivity contribution in [1.29, 1.82) is 0 Å². The van der Waals surface area contributed by atoms with Crippen LogP contribution in [0.3, 0.4) is 0 Å². The Balaban J connectivity index is 1.02. The average Bonchev–Trinajstić information content (AvgIpc) is 3.87. The number of aromatic nitrogens is 4. The summed E-state index contributed by atoms with van der Waals surface area (Å²) in [5.41, 5.74) is 18.6. The molecule has 0 N–H and O–H groups in total. The molecule has 0 saturated carbocycles. The fraction of sp³-hybridized carbons (Fsp3) is 0. The first-order valence-electron chi connectivity index (χ1n) is 21.0. The zero-order chi connectivity index (χ0) is 41.0. The summed E-state index contributed by atoms with van der Waals surface area (Å²) in [7, 11) is 0. The molecule has 0 aliphatic heterocycles. The number of para-hydroxylation sites is 2. The van der Waals surface area contributed by atoms with Crippen LogP contribution in [0.1, 0.15) is 0 Å². The lowest BCUT2D eigenvalue weighted by atomic mass is 9.98. The molecule has 4 nitrogen and oxygen atoms in total. The quantitative estimate of drug-likeness (QED) is 0.161. The van der Waals surface area contributed by atoms with E-state index in [0.29, 0.717) is 0 Å². The van der Waals surface area contributed by atoms with Crippen LogP contribution in [0.2, 0.25) is 0 Å². The van der Waals surface area contributed by atoms with Crippen molar-refractivity contribution in [2.24, 2.45) is 0 Å². The molecule has 0 amide bonds. The van der Waals surface area contributed by atoms with Crippen molar-refractivity contribution in [2.45, 2.75) is 0 Å². The minimum atomic E-state index is 1.10. The van der Waals surface area contributed by atoms with Gasteiger partial charge in [0.2, 0.25) is 0 Å². The van der Waals surface area contributed by atoms with Crippen LogP contribution in [-0.4, -0.2) is 19.1 Å². The number of hydrogen-bond acceptors (Lipinski definition) is 2. The second kappa shape index (κ2) is 14.7. The Hall–Kier alpha value is -8.34. The van der Waals surface area contributed by atoms with Gasteiger partial charge in [0.1, 0.15) is 0 Å². The summed E-state index contributed by atoms with van der Waals surface area (Å²) >= 11 is 0. The maximum Gasteiger partial charge on any atom is 0.0541 e. The molecule has 4 aromatic heterocycles. The van der Waals surface area contributed by atoms with Crippen molar-refractivity contribution in [1.82, 2.24) is 19.1 Å². The summed E-state index contributed by atoms with van der Waals surface area (Å²) in [4.78, 5) is 8.60. The first kappa shape index (κ1) is 35.6. The Morgan fingerprint density at radius 3 is 0.968 bits per heavy atom. The molecule has 0 fully saturated rings. The van der Waals surface area contributed by atoms with Crippen LogP contribution in [0.15, 0.2) is 231 Å². The number of hydrogen-bond donors (Lipinski definition) is 0. The number of benzene rings is 8. The Kier molecular flexibility index (Phi) is 8.46. The molecule has 0 aliphatic carbocycles. The second-order valence-corrected chi connectivity index (χ2v) is 15.9. The topological polar surface area (TPSA) is 35.6 Å². The Bertz CT molecular complexity index is 3250. The molecule has 8 aromatic carbocycles. The smallest absolute Gasteiger partial charge is 0.0541 e. The Morgan fingerprint density at radius 1 is 0.226 bits per heavy atom. The van der Waals surface area contributed by atoms with Gasteiger partial charge in [-0.15, -0.1) is 0 Å². The van der Waals surface area contributed by atoms with Crippen molar-refractivity contribution in [3.05, 3.63) is 231 Å². The minimum Gasteiger partial charge on any atom is -0.309 e. The van der Waals surface area contributed by atoms with E-state index in [2.05, 4.69) is 225 Å².